The molecule has 0 saturated carbocycles. The molecule has 0 spiro atoms. The Hall–Kier alpha value is 1.30. The van der Waals surface area contributed by atoms with Crippen LogP contribution in [0.15, 0.2) is 0 Å². The number of carbonyl (C=O) groups excluding carboxylic acids is 2. The van der Waals surface area contributed by atoms with Gasteiger partial charge in [0, 0.05) is 66.9 Å². The van der Waals surface area contributed by atoms with E-state index in [1.807, 2.05) is 0 Å². The molecule has 0 radical (unpaired) electrons. The normalized spacial score (nSPS) is 11.4. The third-order valence-corrected chi connectivity index (χ3v) is 19.4. The quantitative estimate of drug-likeness (QED) is 0.0361. The highest BCUT2D eigenvalue weighted by Crippen LogP contribution is 2.42. The van der Waals surface area contributed by atoms with E-state index in [-0.39, 0.29) is 21.8 Å². The van der Waals surface area contributed by atoms with E-state index in [0.717, 1.165) is 60.0 Å². The summed E-state index contributed by atoms with van der Waals surface area (Å²) in [5, 5.41) is 9.08. The molecule has 0 aromatic carbocycles. The zero-order chi connectivity index (χ0) is 37.0. The molecule has 2 amide bonds. The molecule has 0 aliphatic rings. The lowest BCUT2D eigenvalue weighted by molar-refractivity contribution is 0.0924. The van der Waals surface area contributed by atoms with Gasteiger partial charge in [-0.3, -0.25) is 9.59 Å². The van der Waals surface area contributed by atoms with E-state index in [1.165, 1.54) is 172 Å². The molecule has 0 saturated heterocycles. The van der Waals surface area contributed by atoms with Crippen LogP contribution in [0.2, 0.25) is 0 Å². The first-order valence-corrected chi connectivity index (χ1v) is 29.7. The van der Waals surface area contributed by atoms with Crippen LogP contribution in [0, 0.1) is 0 Å². The number of carbonyl (C=O) groups is 2. The summed E-state index contributed by atoms with van der Waals surface area (Å²) < 4.78 is 3.51. The van der Waals surface area contributed by atoms with Gasteiger partial charge >= 0.3 is 11.8 Å². The second-order valence-electron chi connectivity index (χ2n) is 12.7. The van der Waals surface area contributed by atoms with Crippen molar-refractivity contribution in [2.24, 2.45) is 0 Å². The lowest BCUT2D eigenvalue weighted by Gasteiger charge is -2.17. The van der Waals surface area contributed by atoms with E-state index in [9.17, 15) is 9.59 Å². The summed E-state index contributed by atoms with van der Waals surface area (Å²) in [5.41, 5.74) is 0. The minimum atomic E-state index is -0.172. The molecular weight excluding hydrogens is 809 g/mol. The summed E-state index contributed by atoms with van der Waals surface area (Å²) in [4.78, 5) is 27.5. The van der Waals surface area contributed by atoms with Gasteiger partial charge in [0.2, 0.25) is 10.0 Å². The fourth-order valence-electron chi connectivity index (χ4n) is 4.82. The van der Waals surface area contributed by atoms with E-state index >= 15 is 0 Å². The smallest absolute Gasteiger partial charge is 0.264 e. The fourth-order valence-corrected chi connectivity index (χ4v) is 16.1. The molecule has 0 aliphatic heterocycles. The molecule has 0 atom stereocenters. The highest BCUT2D eigenvalue weighted by molar-refractivity contribution is 8.84. The van der Waals surface area contributed by atoms with Gasteiger partial charge in [0.15, 0.2) is 0 Å². The summed E-state index contributed by atoms with van der Waals surface area (Å²) in [7, 11) is 13.0. The van der Waals surface area contributed by atoms with Gasteiger partial charge in [-0.25, -0.2) is 7.42 Å². The Labute approximate surface area is 349 Å². The predicted molar refractivity (Wildman–Crippen MR) is 246 cm³/mol. The van der Waals surface area contributed by atoms with Gasteiger partial charge in [-0.2, -0.15) is 0 Å². The van der Waals surface area contributed by atoms with E-state index in [0.29, 0.717) is 0 Å². The second kappa shape index (κ2) is 38.2. The minimum Gasteiger partial charge on any atom is -0.264 e. The molecule has 0 bridgehead atoms. The average Bonchev–Trinajstić information content (AvgIpc) is 3.64. The Balaban J connectivity index is 2.77. The molecule has 15 heteroatoms. The van der Waals surface area contributed by atoms with Crippen molar-refractivity contribution in [3.63, 3.8) is 0 Å². The molecule has 0 N–H and O–H groups in total. The summed E-state index contributed by atoms with van der Waals surface area (Å²) in [6.07, 6.45) is 30.3. The number of rotatable bonds is 38. The van der Waals surface area contributed by atoms with Gasteiger partial charge in [0.05, 0.1) is 0 Å². The number of hydrogen-bond acceptors (Lipinski definition) is 13. The maximum Gasteiger partial charge on any atom is 0.306 e. The van der Waals surface area contributed by atoms with Crippen molar-refractivity contribution in [2.75, 3.05) is 23.0 Å². The molecule has 0 aliphatic carbocycles. The number of nitrogens with zero attached hydrogens (tertiary/aromatic N) is 4. The number of hydrogen-bond donors (Lipinski definition) is 0. The van der Waals surface area contributed by atoms with Crippen molar-refractivity contribution in [1.29, 1.82) is 0 Å². The highest BCUT2D eigenvalue weighted by Gasteiger charge is 2.28. The third kappa shape index (κ3) is 28.4. The van der Waals surface area contributed by atoms with Crippen LogP contribution in [0.1, 0.15) is 201 Å². The SMILES string of the molecule is CCCCCCCCSSN(SSCCCCCCCC)C(=O)c1nnc(C(=O)N(SSCCCCCCCC)SSCCCCCCCC)s1. The third-order valence-electron chi connectivity index (χ3n) is 7.93. The van der Waals surface area contributed by atoms with Crippen LogP contribution in [-0.2, 0) is 0 Å². The van der Waals surface area contributed by atoms with Crippen molar-refractivity contribution < 1.29 is 9.59 Å². The monoisotopic (exact) mass is 876 g/mol. The first-order valence-electron chi connectivity index (χ1n) is 19.8. The fraction of sp³-hybridized carbons (Fsp3) is 0.889. The molecule has 1 aromatic rings. The van der Waals surface area contributed by atoms with Crippen molar-refractivity contribution in [3.8, 4) is 0 Å². The summed E-state index contributed by atoms with van der Waals surface area (Å²) in [6, 6.07) is 0. The van der Waals surface area contributed by atoms with Gasteiger partial charge in [-0.1, -0.05) is 211 Å². The van der Waals surface area contributed by atoms with Crippen molar-refractivity contribution in [1.82, 2.24) is 17.6 Å². The second-order valence-corrected chi connectivity index (χ2v) is 23.4. The van der Waals surface area contributed by atoms with Gasteiger partial charge in [0.25, 0.3) is 0 Å². The zero-order valence-electron chi connectivity index (χ0n) is 32.1. The maximum absolute atomic E-state index is 13.7. The number of unbranched alkanes of at least 4 members (excludes halogenated alkanes) is 20. The van der Waals surface area contributed by atoms with Gasteiger partial charge in [0.1, 0.15) is 0 Å². The molecule has 51 heavy (non-hydrogen) atoms. The molecule has 6 nitrogen and oxygen atoms in total. The molecule has 298 valence electrons. The van der Waals surface area contributed by atoms with Gasteiger partial charge in [-0.05, 0) is 25.7 Å². The Morgan fingerprint density at radius 1 is 0.412 bits per heavy atom. The zero-order valence-corrected chi connectivity index (χ0v) is 39.4. The average molecular weight is 878 g/mol. The van der Waals surface area contributed by atoms with Crippen LogP contribution in [0.25, 0.3) is 0 Å². The largest absolute Gasteiger partial charge is 0.306 e. The van der Waals surface area contributed by atoms with Crippen molar-refractivity contribution in [3.05, 3.63) is 10.0 Å². The van der Waals surface area contributed by atoms with Crippen molar-refractivity contribution in [2.45, 2.75) is 182 Å². The van der Waals surface area contributed by atoms with Crippen LogP contribution >= 0.6 is 98.4 Å². The molecule has 1 rings (SSSR count). The Morgan fingerprint density at radius 2 is 0.647 bits per heavy atom. The molecule has 1 heterocycles. The van der Waals surface area contributed by atoms with Gasteiger partial charge < -0.3 is 0 Å². The van der Waals surface area contributed by atoms with Crippen LogP contribution in [-0.4, -0.2) is 52.4 Å². The number of amides is 2. The van der Waals surface area contributed by atoms with E-state index in [4.69, 9.17) is 0 Å². The topological polar surface area (TPSA) is 66.4 Å². The minimum absolute atomic E-state index is 0.172. The van der Waals surface area contributed by atoms with E-state index in [1.54, 1.807) is 50.6 Å². The van der Waals surface area contributed by atoms with Crippen LogP contribution in [0.4, 0.5) is 0 Å². The van der Waals surface area contributed by atoms with Crippen LogP contribution < -0.4 is 0 Å². The maximum atomic E-state index is 13.7. The van der Waals surface area contributed by atoms with Crippen molar-refractivity contribution >= 4 is 110 Å². The summed E-state index contributed by atoms with van der Waals surface area (Å²) >= 11 is 1.13. The first-order chi connectivity index (χ1) is 25.1. The Morgan fingerprint density at radius 3 is 0.902 bits per heavy atom. The van der Waals surface area contributed by atoms with E-state index < -0.39 is 0 Å². The molecule has 1 aromatic heterocycles. The van der Waals surface area contributed by atoms with Gasteiger partial charge in [-0.15, -0.1) is 10.2 Å². The predicted octanol–water partition coefficient (Wildman–Crippen LogP) is 16.1. The van der Waals surface area contributed by atoms with E-state index in [2.05, 4.69) is 37.9 Å². The lowest BCUT2D eigenvalue weighted by atomic mass is 10.1. The first kappa shape index (κ1) is 50.3. The molecular formula is C36H68N4O2S9. The highest BCUT2D eigenvalue weighted by atomic mass is 33.2. The van der Waals surface area contributed by atoms with Crippen LogP contribution in [0.5, 0.6) is 0 Å². The molecule has 0 unspecified atom stereocenters. The lowest BCUT2D eigenvalue weighted by Crippen LogP contribution is -2.16. The standard InChI is InChI=1S/C36H68N4O2S9/c1-5-9-13-17-21-25-29-43-48-39(49-44-30-26-22-18-14-10-6-2)35(41)33-37-38-34(47-33)36(42)40(50-45-31-27-23-19-15-11-7-3)51-46-32-28-24-20-16-12-8-4/h5-32H2,1-4H3. The molecule has 0 fully saturated rings. The Bertz CT molecular complexity index is 838. The van der Waals surface area contributed by atoms with Crippen LogP contribution in [0.3, 0.4) is 0 Å². The summed E-state index contributed by atoms with van der Waals surface area (Å²) in [5.74, 6) is 3.71. The number of aromatic nitrogens is 2. The Kier molecular flexibility index (Phi) is 37.7. The summed E-state index contributed by atoms with van der Waals surface area (Å²) in [6.45, 7) is 9.00.